The van der Waals surface area contributed by atoms with Crippen molar-refractivity contribution in [3.8, 4) is 0 Å². The average Bonchev–Trinajstić information content (AvgIpc) is 3.05. The van der Waals surface area contributed by atoms with E-state index in [-0.39, 0.29) is 5.69 Å². The molecule has 0 saturated heterocycles. The molecule has 0 saturated carbocycles. The number of nitro groups is 1. The minimum atomic E-state index is -0.420. The van der Waals surface area contributed by atoms with E-state index in [1.54, 1.807) is 37.1 Å². The van der Waals surface area contributed by atoms with Gasteiger partial charge in [-0.05, 0) is 36.5 Å². The number of aromatic nitrogens is 3. The van der Waals surface area contributed by atoms with Gasteiger partial charge in [0, 0.05) is 32.3 Å². The molecule has 2 rings (SSSR count). The smallest absolute Gasteiger partial charge is 0.283 e. The van der Waals surface area contributed by atoms with Gasteiger partial charge in [-0.3, -0.25) is 10.1 Å². The number of rotatable bonds is 8. The molecule has 1 heterocycles. The summed E-state index contributed by atoms with van der Waals surface area (Å²) in [4.78, 5) is 11.5. The van der Waals surface area contributed by atoms with Gasteiger partial charge in [-0.25, -0.2) is 5.01 Å². The first kappa shape index (κ1) is 20.8. The summed E-state index contributed by atoms with van der Waals surface area (Å²) in [5.74, 6) is 0. The van der Waals surface area contributed by atoms with Crippen LogP contribution in [-0.4, -0.2) is 49.6 Å². The summed E-state index contributed by atoms with van der Waals surface area (Å²) in [5.41, 5.74) is 0.588. The van der Waals surface area contributed by atoms with Gasteiger partial charge in [0.1, 0.15) is 6.33 Å². The number of nitrogens with one attached hydrogen (secondary N) is 1. The number of thiocarbonyl (C=S) groups is 1. The lowest BCUT2D eigenvalue weighted by Crippen LogP contribution is -2.34. The molecule has 144 valence electrons. The van der Waals surface area contributed by atoms with Gasteiger partial charge < -0.3 is 9.88 Å². The molecule has 0 aliphatic carbocycles. The SMILES string of the molecule is CCCCNC(=S)N(C)N=Cc1ccc(Sc2nncn2C)c([N+](=O)[O-])c1. The predicted octanol–water partition coefficient (Wildman–Crippen LogP) is 2.81. The quantitative estimate of drug-likeness (QED) is 0.234. The molecule has 0 atom stereocenters. The predicted molar refractivity (Wildman–Crippen MR) is 109 cm³/mol. The van der Waals surface area contributed by atoms with Crippen molar-refractivity contribution in [1.29, 1.82) is 0 Å². The number of hydrogen-bond donors (Lipinski definition) is 1. The van der Waals surface area contributed by atoms with Gasteiger partial charge in [0.25, 0.3) is 5.69 Å². The number of hydrogen-bond acceptors (Lipinski definition) is 7. The molecule has 2 aromatic rings. The summed E-state index contributed by atoms with van der Waals surface area (Å²) in [6, 6.07) is 4.91. The van der Waals surface area contributed by atoms with Crippen molar-refractivity contribution < 1.29 is 4.92 Å². The molecule has 1 aromatic carbocycles. The molecule has 0 amide bonds. The van der Waals surface area contributed by atoms with Crippen molar-refractivity contribution in [2.75, 3.05) is 13.6 Å². The Hall–Kier alpha value is -2.53. The summed E-state index contributed by atoms with van der Waals surface area (Å²) in [6.07, 6.45) is 5.18. The minimum absolute atomic E-state index is 0.0155. The van der Waals surface area contributed by atoms with Crippen LogP contribution < -0.4 is 5.32 Å². The number of hydrazone groups is 1. The van der Waals surface area contributed by atoms with E-state index in [4.69, 9.17) is 12.2 Å². The number of benzene rings is 1. The third-order valence-corrected chi connectivity index (χ3v) is 5.06. The maximum Gasteiger partial charge on any atom is 0.283 e. The fourth-order valence-electron chi connectivity index (χ4n) is 2.00. The number of aryl methyl sites for hydroxylation is 1. The molecule has 0 radical (unpaired) electrons. The lowest BCUT2D eigenvalue weighted by atomic mass is 10.2. The Morgan fingerprint density at radius 3 is 2.96 bits per heavy atom. The Bertz CT molecular complexity index is 838. The van der Waals surface area contributed by atoms with E-state index in [2.05, 4.69) is 27.5 Å². The second-order valence-electron chi connectivity index (χ2n) is 5.66. The molecule has 1 N–H and O–H groups in total. The Balaban J connectivity index is 2.12. The highest BCUT2D eigenvalue weighted by Crippen LogP contribution is 2.33. The van der Waals surface area contributed by atoms with E-state index in [0.29, 0.717) is 20.7 Å². The first-order valence-electron chi connectivity index (χ1n) is 8.28. The van der Waals surface area contributed by atoms with Crippen LogP contribution in [0.3, 0.4) is 0 Å². The van der Waals surface area contributed by atoms with Gasteiger partial charge >= 0.3 is 0 Å². The number of nitro benzene ring substituents is 1. The van der Waals surface area contributed by atoms with Gasteiger partial charge in [0.15, 0.2) is 10.3 Å². The van der Waals surface area contributed by atoms with E-state index in [9.17, 15) is 10.1 Å². The van der Waals surface area contributed by atoms with Crippen molar-refractivity contribution in [2.45, 2.75) is 29.8 Å². The van der Waals surface area contributed by atoms with Gasteiger partial charge in [0.2, 0.25) is 0 Å². The normalized spacial score (nSPS) is 10.9. The molecular formula is C16H21N7O2S2. The molecule has 9 nitrogen and oxygen atoms in total. The zero-order valence-corrected chi connectivity index (χ0v) is 17.0. The fourth-order valence-corrected chi connectivity index (χ4v) is 3.00. The average molecular weight is 408 g/mol. The molecular weight excluding hydrogens is 386 g/mol. The van der Waals surface area contributed by atoms with Crippen LogP contribution in [0.2, 0.25) is 0 Å². The maximum atomic E-state index is 11.4. The lowest BCUT2D eigenvalue weighted by molar-refractivity contribution is -0.387. The van der Waals surface area contributed by atoms with Gasteiger partial charge in [-0.2, -0.15) is 5.10 Å². The summed E-state index contributed by atoms with van der Waals surface area (Å²) >= 11 is 6.43. The Morgan fingerprint density at radius 1 is 1.56 bits per heavy atom. The minimum Gasteiger partial charge on any atom is -0.361 e. The zero-order chi connectivity index (χ0) is 19.8. The molecule has 0 spiro atoms. The van der Waals surface area contributed by atoms with Crippen LogP contribution in [0.4, 0.5) is 5.69 Å². The number of nitrogens with zero attached hydrogens (tertiary/aromatic N) is 6. The van der Waals surface area contributed by atoms with Crippen LogP contribution in [0.1, 0.15) is 25.3 Å². The highest BCUT2D eigenvalue weighted by atomic mass is 32.2. The Labute approximate surface area is 167 Å². The zero-order valence-electron chi connectivity index (χ0n) is 15.3. The van der Waals surface area contributed by atoms with Crippen molar-refractivity contribution >= 4 is 41.0 Å². The second kappa shape index (κ2) is 9.97. The van der Waals surface area contributed by atoms with Crippen LogP contribution in [-0.2, 0) is 7.05 Å². The molecule has 0 aliphatic rings. The van der Waals surface area contributed by atoms with Crippen LogP contribution in [0.15, 0.2) is 39.7 Å². The van der Waals surface area contributed by atoms with Crippen molar-refractivity contribution in [3.63, 3.8) is 0 Å². The van der Waals surface area contributed by atoms with Crippen LogP contribution in [0, 0.1) is 10.1 Å². The van der Waals surface area contributed by atoms with Crippen LogP contribution >= 0.6 is 24.0 Å². The highest BCUT2D eigenvalue weighted by Gasteiger charge is 2.17. The van der Waals surface area contributed by atoms with E-state index in [0.717, 1.165) is 19.4 Å². The largest absolute Gasteiger partial charge is 0.361 e. The van der Waals surface area contributed by atoms with Crippen molar-refractivity contribution in [3.05, 3.63) is 40.2 Å². The third kappa shape index (κ3) is 6.00. The van der Waals surface area contributed by atoms with Crippen LogP contribution in [0.25, 0.3) is 0 Å². The standard InChI is InChI=1S/C16H21N7O2S2/c1-4-5-8-17-15(26)22(3)19-10-12-6-7-14(13(9-12)23(24)25)27-16-20-18-11-21(16)2/h6-7,9-11H,4-5,8H2,1-3H3,(H,17,26). The van der Waals surface area contributed by atoms with Crippen molar-refractivity contribution in [1.82, 2.24) is 25.1 Å². The summed E-state index contributed by atoms with van der Waals surface area (Å²) in [6.45, 7) is 2.89. The monoisotopic (exact) mass is 407 g/mol. The highest BCUT2D eigenvalue weighted by molar-refractivity contribution is 7.99. The van der Waals surface area contributed by atoms with Crippen LogP contribution in [0.5, 0.6) is 0 Å². The third-order valence-electron chi connectivity index (χ3n) is 3.53. The lowest BCUT2D eigenvalue weighted by Gasteiger charge is -2.15. The van der Waals surface area contributed by atoms with Gasteiger partial charge in [0.05, 0.1) is 16.0 Å². The van der Waals surface area contributed by atoms with Crippen molar-refractivity contribution in [2.24, 2.45) is 12.1 Å². The summed E-state index contributed by atoms with van der Waals surface area (Å²) < 4.78 is 1.70. The Kier molecular flexibility index (Phi) is 7.67. The fraction of sp³-hybridized carbons (Fsp3) is 0.375. The molecule has 11 heteroatoms. The molecule has 0 fully saturated rings. The Morgan fingerprint density at radius 2 is 2.33 bits per heavy atom. The number of unbranched alkanes of at least 4 members (excludes halogenated alkanes) is 1. The van der Waals surface area contributed by atoms with E-state index >= 15 is 0 Å². The summed E-state index contributed by atoms with van der Waals surface area (Å²) in [5, 5.41) is 29.1. The first-order chi connectivity index (χ1) is 12.9. The summed E-state index contributed by atoms with van der Waals surface area (Å²) in [7, 11) is 3.51. The first-order valence-corrected chi connectivity index (χ1v) is 9.50. The molecule has 27 heavy (non-hydrogen) atoms. The molecule has 0 aliphatic heterocycles. The van der Waals surface area contributed by atoms with Gasteiger partial charge in [-0.15, -0.1) is 10.2 Å². The van der Waals surface area contributed by atoms with E-state index < -0.39 is 4.92 Å². The molecule has 1 aromatic heterocycles. The van der Waals surface area contributed by atoms with E-state index in [1.807, 2.05) is 0 Å². The van der Waals surface area contributed by atoms with E-state index in [1.165, 1.54) is 29.1 Å². The second-order valence-corrected chi connectivity index (χ2v) is 7.06. The molecule has 0 unspecified atom stereocenters. The molecule has 0 bridgehead atoms. The van der Waals surface area contributed by atoms with Gasteiger partial charge in [-0.1, -0.05) is 19.4 Å². The topological polar surface area (TPSA) is 101 Å². The maximum absolute atomic E-state index is 11.4.